The Balaban J connectivity index is 2.07. The predicted octanol–water partition coefficient (Wildman–Crippen LogP) is 0.718. The van der Waals surface area contributed by atoms with Gasteiger partial charge in [0, 0.05) is 6.54 Å². The van der Waals surface area contributed by atoms with Crippen LogP contribution < -0.4 is 5.32 Å². The van der Waals surface area contributed by atoms with E-state index in [0.717, 1.165) is 4.88 Å². The number of nitrogens with zero attached hydrogens (tertiary/aromatic N) is 2. The van der Waals surface area contributed by atoms with E-state index in [4.69, 9.17) is 4.74 Å². The van der Waals surface area contributed by atoms with Gasteiger partial charge in [-0.25, -0.2) is 4.79 Å². The molecule has 0 spiro atoms. The molecule has 0 aliphatic rings. The van der Waals surface area contributed by atoms with Crippen LogP contribution in [0.5, 0.6) is 0 Å². The normalized spacial score (nSPS) is 9.71. The van der Waals surface area contributed by atoms with Gasteiger partial charge in [-0.3, -0.25) is 4.79 Å². The molecule has 1 amide bonds. The average Bonchev–Trinajstić information content (AvgIpc) is 2.79. The van der Waals surface area contributed by atoms with Crippen LogP contribution in [-0.2, 0) is 20.9 Å². The van der Waals surface area contributed by atoms with Gasteiger partial charge in [-0.05, 0) is 18.5 Å². The van der Waals surface area contributed by atoms with Gasteiger partial charge in [-0.15, -0.1) is 5.10 Å². The van der Waals surface area contributed by atoms with Crippen molar-refractivity contribution in [3.05, 3.63) is 11.1 Å². The Morgan fingerprint density at radius 3 is 2.94 bits per heavy atom. The van der Waals surface area contributed by atoms with E-state index in [9.17, 15) is 9.59 Å². The Kier molecular flexibility index (Phi) is 5.94. The Hall–Kier alpha value is -1.70. The minimum atomic E-state index is -0.535. The lowest BCUT2D eigenvalue weighted by Gasteiger charge is -2.05. The lowest BCUT2D eigenvalue weighted by molar-refractivity contribution is -0.144. The van der Waals surface area contributed by atoms with Crippen LogP contribution in [0.25, 0.3) is 0 Å². The molecule has 0 bridgehead atoms. The lowest BCUT2D eigenvalue weighted by atomic mass is 10.4. The summed E-state index contributed by atoms with van der Waals surface area (Å²) in [6.07, 6.45) is 1.10. The quantitative estimate of drug-likeness (QED) is 0.757. The summed E-state index contributed by atoms with van der Waals surface area (Å²) < 4.78 is 13.2. The van der Waals surface area contributed by atoms with Crippen LogP contribution in [0.15, 0.2) is 6.20 Å². The zero-order valence-corrected chi connectivity index (χ0v) is 10.2. The second kappa shape index (κ2) is 7.55. The number of hydrogen-bond donors (Lipinski definition) is 1. The number of carbonyl (C=O) groups is 2. The van der Waals surface area contributed by atoms with Crippen molar-refractivity contribution in [3.63, 3.8) is 0 Å². The van der Waals surface area contributed by atoms with Crippen LogP contribution in [0.2, 0.25) is 0 Å². The first kappa shape index (κ1) is 13.4. The van der Waals surface area contributed by atoms with Gasteiger partial charge in [0.1, 0.15) is 6.61 Å². The van der Waals surface area contributed by atoms with Gasteiger partial charge in [0.25, 0.3) is 0 Å². The number of rotatable bonds is 6. The van der Waals surface area contributed by atoms with Crippen LogP contribution >= 0.6 is 11.5 Å². The van der Waals surface area contributed by atoms with E-state index in [2.05, 4.69) is 19.6 Å². The highest BCUT2D eigenvalue weighted by Gasteiger charge is 2.06. The molecule has 0 fully saturated rings. The standard InChI is InChI=1S/C9H13N3O4S/c1-2-15-9(14)10-4-3-8(13)16-6-7-5-11-12-17-7/h5H,2-4,6H2,1H3,(H,10,14). The molecule has 1 N–H and O–H groups in total. The molecule has 7 nitrogen and oxygen atoms in total. The highest BCUT2D eigenvalue weighted by Crippen LogP contribution is 2.04. The lowest BCUT2D eigenvalue weighted by Crippen LogP contribution is -2.27. The van der Waals surface area contributed by atoms with Crippen molar-refractivity contribution in [2.24, 2.45) is 0 Å². The third-order valence-electron chi connectivity index (χ3n) is 1.66. The van der Waals surface area contributed by atoms with Gasteiger partial charge >= 0.3 is 12.1 Å². The second-order valence-corrected chi connectivity index (χ2v) is 3.81. The molecule has 0 aliphatic heterocycles. The van der Waals surface area contributed by atoms with E-state index >= 15 is 0 Å². The maximum atomic E-state index is 11.2. The zero-order chi connectivity index (χ0) is 12.5. The van der Waals surface area contributed by atoms with E-state index in [-0.39, 0.29) is 19.6 Å². The Morgan fingerprint density at radius 1 is 1.47 bits per heavy atom. The first-order valence-corrected chi connectivity index (χ1v) is 5.82. The molecule has 0 atom stereocenters. The second-order valence-electron chi connectivity index (χ2n) is 2.94. The molecule has 0 radical (unpaired) electrons. The highest BCUT2D eigenvalue weighted by atomic mass is 32.1. The molecule has 0 aliphatic carbocycles. The SMILES string of the molecule is CCOC(=O)NCCC(=O)OCc1cnns1. The van der Waals surface area contributed by atoms with E-state index in [0.29, 0.717) is 6.61 Å². The summed E-state index contributed by atoms with van der Waals surface area (Å²) >= 11 is 1.17. The summed E-state index contributed by atoms with van der Waals surface area (Å²) in [6, 6.07) is 0. The molecule has 94 valence electrons. The molecular weight excluding hydrogens is 246 g/mol. The number of carbonyl (C=O) groups excluding carboxylic acids is 2. The molecule has 0 saturated heterocycles. The summed E-state index contributed by atoms with van der Waals surface area (Å²) in [5, 5.41) is 6.03. The third kappa shape index (κ3) is 5.81. The summed E-state index contributed by atoms with van der Waals surface area (Å²) in [7, 11) is 0. The summed E-state index contributed by atoms with van der Waals surface area (Å²) in [4.78, 5) is 22.9. The van der Waals surface area contributed by atoms with Crippen LogP contribution in [0, 0.1) is 0 Å². The first-order valence-electron chi connectivity index (χ1n) is 5.05. The monoisotopic (exact) mass is 259 g/mol. The number of nitrogens with one attached hydrogen (secondary N) is 1. The molecule has 0 aromatic carbocycles. The topological polar surface area (TPSA) is 90.4 Å². The van der Waals surface area contributed by atoms with Crippen LogP contribution in [0.1, 0.15) is 18.2 Å². The molecule has 0 saturated carbocycles. The number of hydrogen-bond acceptors (Lipinski definition) is 7. The van der Waals surface area contributed by atoms with Crippen LogP contribution in [0.3, 0.4) is 0 Å². The fraction of sp³-hybridized carbons (Fsp3) is 0.556. The first-order chi connectivity index (χ1) is 8.22. The van der Waals surface area contributed by atoms with Crippen molar-refractivity contribution in [1.82, 2.24) is 14.9 Å². The maximum Gasteiger partial charge on any atom is 0.407 e. The molecule has 1 heterocycles. The fourth-order valence-corrected chi connectivity index (χ4v) is 1.33. The van der Waals surface area contributed by atoms with Crippen molar-refractivity contribution in [3.8, 4) is 0 Å². The predicted molar refractivity (Wildman–Crippen MR) is 59.3 cm³/mol. The number of ether oxygens (including phenoxy) is 2. The summed E-state index contributed by atoms with van der Waals surface area (Å²) in [5.41, 5.74) is 0. The van der Waals surface area contributed by atoms with Gasteiger partial charge < -0.3 is 14.8 Å². The molecule has 8 heteroatoms. The van der Waals surface area contributed by atoms with Gasteiger partial charge in [-0.2, -0.15) is 0 Å². The molecule has 1 rings (SSSR count). The van der Waals surface area contributed by atoms with Crippen molar-refractivity contribution in [2.45, 2.75) is 20.0 Å². The molecular formula is C9H13N3O4S. The molecule has 17 heavy (non-hydrogen) atoms. The Labute approximate surface area is 102 Å². The van der Waals surface area contributed by atoms with Crippen molar-refractivity contribution >= 4 is 23.6 Å². The Bertz CT molecular complexity index is 355. The van der Waals surface area contributed by atoms with E-state index in [1.54, 1.807) is 6.92 Å². The third-order valence-corrected chi connectivity index (χ3v) is 2.29. The molecule has 0 unspecified atom stereocenters. The summed E-state index contributed by atoms with van der Waals surface area (Å²) in [6.45, 7) is 2.36. The van der Waals surface area contributed by atoms with Crippen molar-refractivity contribution in [2.75, 3.05) is 13.2 Å². The number of alkyl carbamates (subject to hydrolysis) is 1. The van der Waals surface area contributed by atoms with Crippen molar-refractivity contribution in [1.29, 1.82) is 0 Å². The summed E-state index contributed by atoms with van der Waals surface area (Å²) in [5.74, 6) is -0.393. The van der Waals surface area contributed by atoms with Gasteiger partial charge in [0.2, 0.25) is 0 Å². The Morgan fingerprint density at radius 2 is 2.29 bits per heavy atom. The smallest absolute Gasteiger partial charge is 0.407 e. The fourth-order valence-electron chi connectivity index (χ4n) is 0.924. The minimum absolute atomic E-state index is 0.102. The van der Waals surface area contributed by atoms with Gasteiger partial charge in [0.15, 0.2) is 0 Å². The van der Waals surface area contributed by atoms with Gasteiger partial charge in [0.05, 0.1) is 24.1 Å². The molecule has 1 aromatic rings. The number of amides is 1. The van der Waals surface area contributed by atoms with Crippen molar-refractivity contribution < 1.29 is 19.1 Å². The van der Waals surface area contributed by atoms with Gasteiger partial charge in [-0.1, -0.05) is 4.49 Å². The number of esters is 1. The highest BCUT2D eigenvalue weighted by molar-refractivity contribution is 7.05. The van der Waals surface area contributed by atoms with E-state index in [1.807, 2.05) is 0 Å². The van der Waals surface area contributed by atoms with Crippen LogP contribution in [0.4, 0.5) is 4.79 Å². The maximum absolute atomic E-state index is 11.2. The van der Waals surface area contributed by atoms with Crippen LogP contribution in [-0.4, -0.2) is 34.8 Å². The van der Waals surface area contributed by atoms with E-state index in [1.165, 1.54) is 17.7 Å². The average molecular weight is 259 g/mol. The number of aromatic nitrogens is 2. The van der Waals surface area contributed by atoms with E-state index < -0.39 is 12.1 Å². The largest absolute Gasteiger partial charge is 0.460 e. The minimum Gasteiger partial charge on any atom is -0.460 e. The zero-order valence-electron chi connectivity index (χ0n) is 9.34. The molecule has 1 aromatic heterocycles.